The fourth-order valence-electron chi connectivity index (χ4n) is 1.47. The topological polar surface area (TPSA) is 25.8 Å². The molecule has 15 heavy (non-hydrogen) atoms. The Labute approximate surface area is 107 Å². The van der Waals surface area contributed by atoms with Gasteiger partial charge in [0.2, 0.25) is 0 Å². The number of benzene rings is 1. The number of aryl methyl sites for hydroxylation is 3. The highest BCUT2D eigenvalue weighted by Gasteiger charge is 2.03. The summed E-state index contributed by atoms with van der Waals surface area (Å²) in [4.78, 5) is 0. The van der Waals surface area contributed by atoms with Crippen LogP contribution in [0.5, 0.6) is 0 Å². The zero-order chi connectivity index (χ0) is 10.7. The van der Waals surface area contributed by atoms with Crippen molar-refractivity contribution in [3.05, 3.63) is 43.4 Å². The molecular formula is C11H11IN2S. The summed E-state index contributed by atoms with van der Waals surface area (Å²) in [5, 5.41) is 9.26. The molecule has 0 fully saturated rings. The molecule has 0 saturated heterocycles. The Kier molecular flexibility index (Phi) is 3.69. The molecule has 0 bridgehead atoms. The minimum absolute atomic E-state index is 0.992. The van der Waals surface area contributed by atoms with E-state index in [2.05, 4.69) is 64.0 Å². The maximum Gasteiger partial charge on any atom is 0.178 e. The third-order valence-corrected chi connectivity index (χ3v) is 3.96. The van der Waals surface area contributed by atoms with Crippen LogP contribution in [0.4, 0.5) is 0 Å². The van der Waals surface area contributed by atoms with E-state index < -0.39 is 0 Å². The van der Waals surface area contributed by atoms with E-state index in [-0.39, 0.29) is 0 Å². The molecule has 0 N–H and O–H groups in total. The van der Waals surface area contributed by atoms with Crippen LogP contribution in [-0.2, 0) is 12.8 Å². The van der Waals surface area contributed by atoms with E-state index in [9.17, 15) is 0 Å². The summed E-state index contributed by atoms with van der Waals surface area (Å²) >= 11 is 3.88. The van der Waals surface area contributed by atoms with Crippen molar-refractivity contribution in [1.29, 1.82) is 0 Å². The molecule has 1 aromatic carbocycles. The van der Waals surface area contributed by atoms with Crippen molar-refractivity contribution in [3.63, 3.8) is 0 Å². The number of rotatable bonds is 3. The monoisotopic (exact) mass is 330 g/mol. The molecule has 0 aliphatic rings. The summed E-state index contributed by atoms with van der Waals surface area (Å²) in [6.07, 6.45) is 2.05. The standard InChI is InChI=1S/C11H11IN2S/c1-8-4-2-3-5-9(8)6-7-10-13-14-11(12)15-10/h2-5H,6-7H2,1H3. The van der Waals surface area contributed by atoms with Crippen LogP contribution in [0, 0.1) is 9.94 Å². The Balaban J connectivity index is 2.02. The maximum absolute atomic E-state index is 4.12. The predicted molar refractivity (Wildman–Crippen MR) is 71.2 cm³/mol. The number of hydrogen-bond donors (Lipinski definition) is 0. The van der Waals surface area contributed by atoms with Gasteiger partial charge in [0, 0.05) is 6.42 Å². The first-order valence-electron chi connectivity index (χ1n) is 4.78. The molecule has 0 radical (unpaired) electrons. The van der Waals surface area contributed by atoms with Crippen LogP contribution >= 0.6 is 33.9 Å². The second-order valence-corrected chi connectivity index (χ2v) is 6.19. The molecular weight excluding hydrogens is 319 g/mol. The Morgan fingerprint density at radius 2 is 2.00 bits per heavy atom. The Morgan fingerprint density at radius 1 is 1.20 bits per heavy atom. The van der Waals surface area contributed by atoms with Crippen molar-refractivity contribution >= 4 is 33.9 Å². The lowest BCUT2D eigenvalue weighted by Gasteiger charge is -2.02. The van der Waals surface area contributed by atoms with Gasteiger partial charge >= 0.3 is 0 Å². The van der Waals surface area contributed by atoms with Crippen molar-refractivity contribution < 1.29 is 0 Å². The number of aromatic nitrogens is 2. The number of halogens is 1. The Morgan fingerprint density at radius 3 is 2.67 bits per heavy atom. The van der Waals surface area contributed by atoms with Crippen LogP contribution < -0.4 is 0 Å². The highest BCUT2D eigenvalue weighted by atomic mass is 127. The van der Waals surface area contributed by atoms with Crippen molar-refractivity contribution in [2.45, 2.75) is 19.8 Å². The van der Waals surface area contributed by atoms with Gasteiger partial charge in [-0.2, -0.15) is 0 Å². The molecule has 0 unspecified atom stereocenters. The molecule has 2 nitrogen and oxygen atoms in total. The molecule has 4 heteroatoms. The highest BCUT2D eigenvalue weighted by molar-refractivity contribution is 14.1. The molecule has 0 atom stereocenters. The van der Waals surface area contributed by atoms with Gasteiger partial charge in [0.05, 0.1) is 0 Å². The van der Waals surface area contributed by atoms with E-state index in [0.717, 1.165) is 20.9 Å². The van der Waals surface area contributed by atoms with Gasteiger partial charge in [-0.15, -0.1) is 10.2 Å². The van der Waals surface area contributed by atoms with Crippen LogP contribution in [0.3, 0.4) is 0 Å². The molecule has 1 heterocycles. The zero-order valence-electron chi connectivity index (χ0n) is 8.40. The quantitative estimate of drug-likeness (QED) is 0.808. The Bertz CT molecular complexity index is 453. The van der Waals surface area contributed by atoms with Crippen LogP contribution in [0.25, 0.3) is 0 Å². The third-order valence-electron chi connectivity index (χ3n) is 2.31. The van der Waals surface area contributed by atoms with Gasteiger partial charge in [0.1, 0.15) is 5.01 Å². The fourth-order valence-corrected chi connectivity index (χ4v) is 2.90. The average molecular weight is 330 g/mol. The minimum Gasteiger partial charge on any atom is -0.143 e. The summed E-state index contributed by atoms with van der Waals surface area (Å²) in [6, 6.07) is 8.50. The smallest absolute Gasteiger partial charge is 0.143 e. The first-order chi connectivity index (χ1) is 7.25. The average Bonchev–Trinajstić information content (AvgIpc) is 2.63. The lowest BCUT2D eigenvalue weighted by molar-refractivity contribution is 0.895. The van der Waals surface area contributed by atoms with E-state index in [1.165, 1.54) is 11.1 Å². The van der Waals surface area contributed by atoms with E-state index in [0.29, 0.717) is 0 Å². The summed E-state index contributed by atoms with van der Waals surface area (Å²) < 4.78 is 1.02. The van der Waals surface area contributed by atoms with E-state index in [1.54, 1.807) is 11.3 Å². The molecule has 0 aliphatic heterocycles. The lowest BCUT2D eigenvalue weighted by Crippen LogP contribution is -1.93. The van der Waals surface area contributed by atoms with Gasteiger partial charge in [-0.3, -0.25) is 0 Å². The maximum atomic E-state index is 4.12. The molecule has 0 spiro atoms. The fraction of sp³-hybridized carbons (Fsp3) is 0.273. The molecule has 0 amide bonds. The number of hydrogen-bond acceptors (Lipinski definition) is 3. The predicted octanol–water partition coefficient (Wildman–Crippen LogP) is 3.24. The molecule has 1 aromatic heterocycles. The van der Waals surface area contributed by atoms with Crippen LogP contribution in [-0.4, -0.2) is 10.2 Å². The number of nitrogens with zero attached hydrogens (tertiary/aromatic N) is 2. The third kappa shape index (κ3) is 2.98. The normalized spacial score (nSPS) is 10.5. The second kappa shape index (κ2) is 5.03. The van der Waals surface area contributed by atoms with Crippen molar-refractivity contribution in [3.8, 4) is 0 Å². The van der Waals surface area contributed by atoms with Gasteiger partial charge in [-0.1, -0.05) is 35.6 Å². The van der Waals surface area contributed by atoms with Crippen molar-refractivity contribution in [2.24, 2.45) is 0 Å². The minimum atomic E-state index is 0.992. The van der Waals surface area contributed by atoms with E-state index in [1.807, 2.05) is 0 Å². The molecule has 2 rings (SSSR count). The van der Waals surface area contributed by atoms with Gasteiger partial charge in [0.15, 0.2) is 3.01 Å². The summed E-state index contributed by atoms with van der Waals surface area (Å²) in [7, 11) is 0. The van der Waals surface area contributed by atoms with Crippen LogP contribution in [0.2, 0.25) is 0 Å². The molecule has 0 saturated carbocycles. The lowest BCUT2D eigenvalue weighted by atomic mass is 10.0. The summed E-state index contributed by atoms with van der Waals surface area (Å²) in [5.74, 6) is 0. The molecule has 0 aliphatic carbocycles. The van der Waals surface area contributed by atoms with Gasteiger partial charge in [-0.05, 0) is 47.1 Å². The highest BCUT2D eigenvalue weighted by Crippen LogP contribution is 2.15. The van der Waals surface area contributed by atoms with Crippen molar-refractivity contribution in [1.82, 2.24) is 10.2 Å². The van der Waals surface area contributed by atoms with Gasteiger partial charge < -0.3 is 0 Å². The van der Waals surface area contributed by atoms with E-state index in [4.69, 9.17) is 0 Å². The van der Waals surface area contributed by atoms with Gasteiger partial charge in [-0.25, -0.2) is 0 Å². The Hall–Kier alpha value is -0.490. The largest absolute Gasteiger partial charge is 0.178 e. The zero-order valence-corrected chi connectivity index (χ0v) is 11.4. The molecule has 78 valence electrons. The summed E-state index contributed by atoms with van der Waals surface area (Å²) in [5.41, 5.74) is 2.76. The van der Waals surface area contributed by atoms with Crippen LogP contribution in [0.15, 0.2) is 24.3 Å². The van der Waals surface area contributed by atoms with Crippen molar-refractivity contribution in [2.75, 3.05) is 0 Å². The summed E-state index contributed by atoms with van der Waals surface area (Å²) in [6.45, 7) is 2.15. The molecule has 2 aromatic rings. The second-order valence-electron chi connectivity index (χ2n) is 3.38. The van der Waals surface area contributed by atoms with Crippen LogP contribution in [0.1, 0.15) is 16.1 Å². The van der Waals surface area contributed by atoms with E-state index >= 15 is 0 Å². The first-order valence-corrected chi connectivity index (χ1v) is 6.67. The van der Waals surface area contributed by atoms with Gasteiger partial charge in [0.25, 0.3) is 0 Å². The first kappa shape index (κ1) is 11.0. The SMILES string of the molecule is Cc1ccccc1CCc1nnc(I)s1.